The minimum Gasteiger partial charge on any atom is -0.350 e. The maximum absolute atomic E-state index is 14.8. The van der Waals surface area contributed by atoms with Crippen molar-refractivity contribution in [1.29, 1.82) is 0 Å². The molecule has 0 N–H and O–H groups in total. The van der Waals surface area contributed by atoms with Crippen LogP contribution in [0.15, 0.2) is 10.9 Å². The van der Waals surface area contributed by atoms with Gasteiger partial charge in [0.2, 0.25) is 0 Å². The van der Waals surface area contributed by atoms with Crippen molar-refractivity contribution in [3.63, 3.8) is 0 Å². The first kappa shape index (κ1) is 16.0. The van der Waals surface area contributed by atoms with E-state index in [-0.39, 0.29) is 17.5 Å². The first-order chi connectivity index (χ1) is 11.0. The van der Waals surface area contributed by atoms with E-state index >= 15 is 0 Å². The van der Waals surface area contributed by atoms with Crippen LogP contribution in [-0.2, 0) is 6.42 Å². The lowest BCUT2D eigenvalue weighted by Gasteiger charge is -2.39. The molecule has 1 aromatic carbocycles. The first-order valence-corrected chi connectivity index (χ1v) is 9.48. The molecule has 0 saturated carbocycles. The summed E-state index contributed by atoms with van der Waals surface area (Å²) in [7, 11) is 0. The van der Waals surface area contributed by atoms with E-state index in [1.807, 2.05) is 22.9 Å². The zero-order valence-electron chi connectivity index (χ0n) is 12.5. The van der Waals surface area contributed by atoms with Gasteiger partial charge in [-0.25, -0.2) is 15.1 Å². The number of benzene rings is 1. The van der Waals surface area contributed by atoms with Gasteiger partial charge in [0.1, 0.15) is 11.6 Å². The van der Waals surface area contributed by atoms with Crippen molar-refractivity contribution in [2.45, 2.75) is 25.8 Å². The second-order valence-electron chi connectivity index (χ2n) is 6.13. The van der Waals surface area contributed by atoms with Gasteiger partial charge in [0, 0.05) is 59.5 Å². The number of halogens is 3. The molecule has 1 saturated heterocycles. The molecule has 23 heavy (non-hydrogen) atoms. The SMILES string of the molecule is Cc1cc2c3c(nc(=O)n2I)N2CCN(I)CC2CCc3c1F. The summed E-state index contributed by atoms with van der Waals surface area (Å²) < 4.78 is 18.5. The molecule has 1 aromatic heterocycles. The summed E-state index contributed by atoms with van der Waals surface area (Å²) in [5.41, 5.74) is 1.78. The molecular formula is C15H15FI2N4O. The Balaban J connectivity index is 2.06. The average Bonchev–Trinajstić information content (AvgIpc) is 2.67. The van der Waals surface area contributed by atoms with Crippen LogP contribution in [0.25, 0.3) is 10.9 Å². The number of hydrogen-bond acceptors (Lipinski definition) is 4. The van der Waals surface area contributed by atoms with Crippen molar-refractivity contribution < 1.29 is 4.39 Å². The molecule has 3 heterocycles. The molecule has 0 bridgehead atoms. The molecule has 4 rings (SSSR count). The Labute approximate surface area is 160 Å². The topological polar surface area (TPSA) is 41.4 Å². The summed E-state index contributed by atoms with van der Waals surface area (Å²) in [5.74, 6) is 0.514. The number of aryl methyl sites for hydroxylation is 2. The van der Waals surface area contributed by atoms with Gasteiger partial charge in [-0.05, 0) is 31.4 Å². The smallest absolute Gasteiger partial charge is 0.350 e. The maximum atomic E-state index is 14.8. The summed E-state index contributed by atoms with van der Waals surface area (Å²) in [4.78, 5) is 18.8. The van der Waals surface area contributed by atoms with Crippen LogP contribution < -0.4 is 10.6 Å². The molecule has 0 aliphatic carbocycles. The van der Waals surface area contributed by atoms with Gasteiger partial charge in [0.15, 0.2) is 0 Å². The molecule has 1 atom stereocenters. The van der Waals surface area contributed by atoms with E-state index in [1.165, 1.54) is 2.78 Å². The Kier molecular flexibility index (Phi) is 4.03. The van der Waals surface area contributed by atoms with E-state index in [2.05, 4.69) is 35.9 Å². The summed E-state index contributed by atoms with van der Waals surface area (Å²) in [6.45, 7) is 4.40. The first-order valence-electron chi connectivity index (χ1n) is 7.55. The van der Waals surface area contributed by atoms with Gasteiger partial charge in [-0.2, -0.15) is 4.98 Å². The van der Waals surface area contributed by atoms with Gasteiger partial charge < -0.3 is 4.90 Å². The lowest BCUT2D eigenvalue weighted by Crippen LogP contribution is -2.50. The van der Waals surface area contributed by atoms with Crippen molar-refractivity contribution >= 4 is 62.4 Å². The highest BCUT2D eigenvalue weighted by molar-refractivity contribution is 14.1. The van der Waals surface area contributed by atoms with Crippen molar-refractivity contribution in [2.24, 2.45) is 0 Å². The molecule has 2 aromatic rings. The fraction of sp³-hybridized carbons (Fsp3) is 0.467. The van der Waals surface area contributed by atoms with E-state index in [9.17, 15) is 9.18 Å². The largest absolute Gasteiger partial charge is 0.359 e. The van der Waals surface area contributed by atoms with E-state index in [1.54, 1.807) is 13.0 Å². The van der Waals surface area contributed by atoms with Crippen LogP contribution in [0.2, 0.25) is 0 Å². The number of aromatic nitrogens is 2. The van der Waals surface area contributed by atoms with Crippen LogP contribution in [0.3, 0.4) is 0 Å². The second-order valence-corrected chi connectivity index (χ2v) is 8.46. The van der Waals surface area contributed by atoms with Crippen LogP contribution in [0, 0.1) is 12.7 Å². The van der Waals surface area contributed by atoms with Crippen LogP contribution in [-0.4, -0.2) is 36.6 Å². The van der Waals surface area contributed by atoms with Gasteiger partial charge >= 0.3 is 5.69 Å². The molecule has 1 unspecified atom stereocenters. The number of fused-ring (bicyclic) bond motifs is 2. The van der Waals surface area contributed by atoms with Crippen molar-refractivity contribution in [3.8, 4) is 0 Å². The zero-order chi connectivity index (χ0) is 16.3. The monoisotopic (exact) mass is 540 g/mol. The van der Waals surface area contributed by atoms with Gasteiger partial charge in [-0.1, -0.05) is 0 Å². The molecule has 5 nitrogen and oxygen atoms in total. The van der Waals surface area contributed by atoms with Crippen LogP contribution in [0.5, 0.6) is 0 Å². The highest BCUT2D eigenvalue weighted by atomic mass is 127. The average molecular weight is 540 g/mol. The maximum Gasteiger partial charge on any atom is 0.359 e. The normalized spacial score (nSPS) is 21.4. The number of nitrogens with zero attached hydrogens (tertiary/aromatic N) is 4. The highest BCUT2D eigenvalue weighted by Gasteiger charge is 2.33. The van der Waals surface area contributed by atoms with E-state index < -0.39 is 0 Å². The quantitative estimate of drug-likeness (QED) is 0.381. The Bertz CT molecular complexity index is 869. The van der Waals surface area contributed by atoms with Gasteiger partial charge in [0.25, 0.3) is 0 Å². The molecule has 0 radical (unpaired) electrons. The van der Waals surface area contributed by atoms with E-state index in [0.717, 1.165) is 37.0 Å². The predicted molar refractivity (Wildman–Crippen MR) is 105 cm³/mol. The van der Waals surface area contributed by atoms with E-state index in [0.29, 0.717) is 23.4 Å². The van der Waals surface area contributed by atoms with E-state index in [4.69, 9.17) is 0 Å². The van der Waals surface area contributed by atoms with Gasteiger partial charge in [-0.3, -0.25) is 0 Å². The third-order valence-electron chi connectivity index (χ3n) is 4.76. The van der Waals surface area contributed by atoms with Crippen molar-refractivity contribution in [3.05, 3.63) is 33.5 Å². The molecule has 2 aliphatic rings. The summed E-state index contributed by atoms with van der Waals surface area (Å²) >= 11 is 4.29. The molecule has 1 fully saturated rings. The standard InChI is InChI=1S/C15H15FI2N4O/c1-8-6-11-12-10(13(8)16)3-2-9-7-20(17)4-5-21(9)14(12)19-15(23)22(11)18/h6,9H,2-5,7H2,1H3. The Morgan fingerprint density at radius 3 is 2.91 bits per heavy atom. The van der Waals surface area contributed by atoms with Gasteiger partial charge in [0.05, 0.1) is 28.4 Å². The van der Waals surface area contributed by atoms with Crippen LogP contribution in [0.4, 0.5) is 10.2 Å². The van der Waals surface area contributed by atoms with Gasteiger partial charge in [-0.15, -0.1) is 0 Å². The number of piperazine rings is 1. The molecular weight excluding hydrogens is 525 g/mol. The summed E-state index contributed by atoms with van der Waals surface area (Å²) in [6, 6.07) is 2.04. The highest BCUT2D eigenvalue weighted by Crippen LogP contribution is 2.37. The number of rotatable bonds is 0. The molecule has 0 amide bonds. The number of anilines is 1. The minimum atomic E-state index is -0.289. The van der Waals surface area contributed by atoms with Crippen molar-refractivity contribution in [2.75, 3.05) is 24.5 Å². The fourth-order valence-electron chi connectivity index (χ4n) is 3.64. The third kappa shape index (κ3) is 2.48. The van der Waals surface area contributed by atoms with Crippen molar-refractivity contribution in [1.82, 2.24) is 10.9 Å². The predicted octanol–water partition coefficient (Wildman–Crippen LogP) is 2.83. The molecule has 122 valence electrons. The lowest BCUT2D eigenvalue weighted by molar-refractivity contribution is 0.370. The zero-order valence-corrected chi connectivity index (χ0v) is 16.8. The molecule has 2 aliphatic heterocycles. The Morgan fingerprint density at radius 2 is 2.13 bits per heavy atom. The summed E-state index contributed by atoms with van der Waals surface area (Å²) in [5, 5.41) is 0.812. The number of hydrogen-bond donors (Lipinski definition) is 0. The Hall–Kier alpha value is -0.490. The second kappa shape index (κ2) is 5.80. The third-order valence-corrected chi connectivity index (χ3v) is 6.57. The molecule has 0 spiro atoms. The lowest BCUT2D eigenvalue weighted by atomic mass is 10.00. The summed E-state index contributed by atoms with van der Waals surface area (Å²) in [6.07, 6.45) is 1.56. The molecule has 8 heteroatoms. The minimum absolute atomic E-state index is 0.151. The van der Waals surface area contributed by atoms with Crippen LogP contribution >= 0.6 is 45.7 Å². The Morgan fingerprint density at radius 1 is 1.35 bits per heavy atom. The van der Waals surface area contributed by atoms with Crippen LogP contribution in [0.1, 0.15) is 17.5 Å². The fourth-order valence-corrected chi connectivity index (χ4v) is 4.80.